The Labute approximate surface area is 108 Å². The van der Waals surface area contributed by atoms with Gasteiger partial charge < -0.3 is 9.84 Å². The first kappa shape index (κ1) is 18.8. The fourth-order valence-electron chi connectivity index (χ4n) is 0.533. The molecule has 0 amide bonds. The minimum absolute atomic E-state index is 0.181. The Kier molecular flexibility index (Phi) is 11.7. The maximum Gasteiger partial charge on any atom is 0.386 e. The van der Waals surface area contributed by atoms with Crippen LogP contribution in [0.3, 0.4) is 0 Å². The van der Waals surface area contributed by atoms with Crippen LogP contribution in [-0.2, 0) is 4.74 Å². The smallest absolute Gasteiger partial charge is 0.371 e. The van der Waals surface area contributed by atoms with Crippen LogP contribution in [0.15, 0.2) is 28.7 Å². The third kappa shape index (κ3) is 25.6. The van der Waals surface area contributed by atoms with Gasteiger partial charge in [-0.15, -0.1) is 0 Å². The standard InChI is InChI=1S/C7H7Br.C2H3F3.C2H6O2/c1-6-2-4-7(8)5-3-6;1-2(3,4)5;1-4-2-3/h2-5H,1H3;1H3;3H,2H2,1H3. The maximum atomic E-state index is 10.4. The third-order valence-corrected chi connectivity index (χ3v) is 1.67. The highest BCUT2D eigenvalue weighted by molar-refractivity contribution is 9.10. The number of methoxy groups -OCH3 is 1. The molecule has 0 spiro atoms. The summed E-state index contributed by atoms with van der Waals surface area (Å²) in [6.07, 6.45) is -4.00. The molecule has 0 radical (unpaired) electrons. The number of aliphatic hydroxyl groups excluding tert-OH is 1. The second-order valence-corrected chi connectivity index (χ2v) is 3.91. The average Bonchev–Trinajstić information content (AvgIpc) is 2.20. The van der Waals surface area contributed by atoms with E-state index in [1.807, 2.05) is 12.1 Å². The fourth-order valence-corrected chi connectivity index (χ4v) is 0.798. The highest BCUT2D eigenvalue weighted by Gasteiger charge is 2.15. The van der Waals surface area contributed by atoms with Gasteiger partial charge in [0.05, 0.1) is 0 Å². The van der Waals surface area contributed by atoms with Crippen molar-refractivity contribution in [2.75, 3.05) is 13.9 Å². The van der Waals surface area contributed by atoms with Gasteiger partial charge in [-0.05, 0) is 19.1 Å². The first-order valence-corrected chi connectivity index (χ1v) is 5.38. The molecule has 2 nitrogen and oxygen atoms in total. The van der Waals surface area contributed by atoms with Crippen molar-refractivity contribution in [2.45, 2.75) is 20.0 Å². The molecule has 1 rings (SSSR count). The van der Waals surface area contributed by atoms with Crippen LogP contribution in [0.5, 0.6) is 0 Å². The number of halogens is 4. The normalized spacial score (nSPS) is 9.65. The second-order valence-electron chi connectivity index (χ2n) is 2.99. The Balaban J connectivity index is 0. The molecular weight excluding hydrogens is 301 g/mol. The van der Waals surface area contributed by atoms with Crippen molar-refractivity contribution < 1.29 is 23.0 Å². The van der Waals surface area contributed by atoms with E-state index >= 15 is 0 Å². The summed E-state index contributed by atoms with van der Waals surface area (Å²) < 4.78 is 36.3. The number of benzene rings is 1. The quantitative estimate of drug-likeness (QED) is 0.796. The van der Waals surface area contributed by atoms with Crippen molar-refractivity contribution >= 4 is 15.9 Å². The lowest BCUT2D eigenvalue weighted by atomic mass is 10.2. The number of hydrogen-bond acceptors (Lipinski definition) is 2. The lowest BCUT2D eigenvalue weighted by Crippen LogP contribution is -1.95. The topological polar surface area (TPSA) is 29.5 Å². The summed E-state index contributed by atoms with van der Waals surface area (Å²) in [7, 11) is 1.43. The van der Waals surface area contributed by atoms with E-state index in [1.165, 1.54) is 12.7 Å². The molecule has 1 aromatic rings. The number of aryl methyl sites for hydroxylation is 1. The van der Waals surface area contributed by atoms with Crippen LogP contribution in [0.4, 0.5) is 13.2 Å². The van der Waals surface area contributed by atoms with Crippen molar-refractivity contribution in [3.8, 4) is 0 Å². The lowest BCUT2D eigenvalue weighted by Gasteiger charge is -1.88. The molecule has 0 bridgehead atoms. The van der Waals surface area contributed by atoms with Gasteiger partial charge in [-0.1, -0.05) is 33.6 Å². The fraction of sp³-hybridized carbons (Fsp3) is 0.455. The van der Waals surface area contributed by atoms with Crippen molar-refractivity contribution in [2.24, 2.45) is 0 Å². The van der Waals surface area contributed by atoms with Crippen LogP contribution in [0, 0.1) is 6.92 Å². The van der Waals surface area contributed by atoms with Crippen molar-refractivity contribution in [3.05, 3.63) is 34.3 Å². The predicted octanol–water partition coefficient (Wildman–Crippen LogP) is 3.91. The summed E-state index contributed by atoms with van der Waals surface area (Å²) in [5.41, 5.74) is 1.30. The second kappa shape index (κ2) is 10.6. The van der Waals surface area contributed by atoms with E-state index in [0.29, 0.717) is 0 Å². The molecule has 17 heavy (non-hydrogen) atoms. The third-order valence-electron chi connectivity index (χ3n) is 1.14. The van der Waals surface area contributed by atoms with E-state index in [9.17, 15) is 13.2 Å². The Morgan fingerprint density at radius 3 is 1.71 bits per heavy atom. The highest BCUT2D eigenvalue weighted by Crippen LogP contribution is 2.10. The molecule has 0 aliphatic carbocycles. The molecule has 0 aromatic heterocycles. The van der Waals surface area contributed by atoms with Gasteiger partial charge in [0.25, 0.3) is 0 Å². The molecule has 0 unspecified atom stereocenters. The average molecular weight is 317 g/mol. The minimum atomic E-state index is -4.00. The number of aliphatic hydroxyl groups is 1. The van der Waals surface area contributed by atoms with Gasteiger partial charge >= 0.3 is 6.18 Å². The molecule has 0 saturated carbocycles. The van der Waals surface area contributed by atoms with E-state index in [4.69, 9.17) is 5.11 Å². The van der Waals surface area contributed by atoms with E-state index in [1.54, 1.807) is 0 Å². The zero-order valence-electron chi connectivity index (χ0n) is 9.88. The summed E-state index contributed by atoms with van der Waals surface area (Å²) >= 11 is 3.35. The number of alkyl halides is 3. The molecule has 0 aliphatic heterocycles. The zero-order valence-corrected chi connectivity index (χ0v) is 11.5. The largest absolute Gasteiger partial charge is 0.386 e. The van der Waals surface area contributed by atoms with Gasteiger partial charge in [0.2, 0.25) is 0 Å². The van der Waals surface area contributed by atoms with Crippen molar-refractivity contribution in [3.63, 3.8) is 0 Å². The van der Waals surface area contributed by atoms with Gasteiger partial charge in [0.15, 0.2) is 0 Å². The molecule has 0 atom stereocenters. The van der Waals surface area contributed by atoms with E-state index in [0.717, 1.165) is 4.47 Å². The van der Waals surface area contributed by atoms with Crippen LogP contribution in [0.1, 0.15) is 12.5 Å². The SMILES string of the molecule is CC(F)(F)F.COCO.Cc1ccc(Br)cc1. The monoisotopic (exact) mass is 316 g/mol. The molecule has 6 heteroatoms. The zero-order chi connectivity index (χ0) is 13.9. The number of hydrogen-bond donors (Lipinski definition) is 1. The van der Waals surface area contributed by atoms with Crippen LogP contribution in [0.25, 0.3) is 0 Å². The minimum Gasteiger partial charge on any atom is -0.371 e. The summed E-state index contributed by atoms with van der Waals surface area (Å²) in [5.74, 6) is 0. The molecule has 0 saturated heterocycles. The first-order valence-electron chi connectivity index (χ1n) is 4.59. The van der Waals surface area contributed by atoms with Crippen LogP contribution >= 0.6 is 15.9 Å². The summed E-state index contributed by atoms with van der Waals surface area (Å²) in [6.45, 7) is 2.08. The maximum absolute atomic E-state index is 10.4. The molecule has 0 aliphatic rings. The Hall–Kier alpha value is -0.590. The summed E-state index contributed by atoms with van der Waals surface area (Å²) in [6, 6.07) is 8.22. The van der Waals surface area contributed by atoms with E-state index < -0.39 is 6.18 Å². The molecular formula is C11H16BrF3O2. The number of ether oxygens (including phenoxy) is 1. The molecule has 0 heterocycles. The van der Waals surface area contributed by atoms with Gasteiger partial charge in [-0.2, -0.15) is 13.2 Å². The van der Waals surface area contributed by atoms with Gasteiger partial charge in [-0.3, -0.25) is 0 Å². The molecule has 0 fully saturated rings. The lowest BCUT2D eigenvalue weighted by molar-refractivity contribution is -0.110. The van der Waals surface area contributed by atoms with Crippen LogP contribution in [-0.4, -0.2) is 25.2 Å². The highest BCUT2D eigenvalue weighted by atomic mass is 79.9. The first-order chi connectivity index (χ1) is 7.70. The van der Waals surface area contributed by atoms with Crippen LogP contribution in [0.2, 0.25) is 0 Å². The van der Waals surface area contributed by atoms with E-state index in [2.05, 4.69) is 39.7 Å². The molecule has 1 aromatic carbocycles. The summed E-state index contributed by atoms with van der Waals surface area (Å²) in [4.78, 5) is 0. The Morgan fingerprint density at radius 1 is 1.24 bits per heavy atom. The Bertz CT molecular complexity index is 244. The molecule has 1 N–H and O–H groups in total. The Morgan fingerprint density at radius 2 is 1.53 bits per heavy atom. The number of rotatable bonds is 1. The van der Waals surface area contributed by atoms with Gasteiger partial charge in [-0.25, -0.2) is 0 Å². The summed E-state index contributed by atoms with van der Waals surface area (Å²) in [5, 5.41) is 7.65. The van der Waals surface area contributed by atoms with Crippen molar-refractivity contribution in [1.29, 1.82) is 0 Å². The van der Waals surface area contributed by atoms with Crippen molar-refractivity contribution in [1.82, 2.24) is 0 Å². The van der Waals surface area contributed by atoms with Gasteiger partial charge in [0, 0.05) is 18.5 Å². The molecule has 100 valence electrons. The van der Waals surface area contributed by atoms with E-state index in [-0.39, 0.29) is 13.7 Å². The van der Waals surface area contributed by atoms with Gasteiger partial charge in [0.1, 0.15) is 6.79 Å². The predicted molar refractivity (Wildman–Crippen MR) is 64.7 cm³/mol. The van der Waals surface area contributed by atoms with Crippen LogP contribution < -0.4 is 0 Å².